The molecule has 8 heteroatoms. The predicted molar refractivity (Wildman–Crippen MR) is 104 cm³/mol. The third-order valence-electron chi connectivity index (χ3n) is 4.90. The zero-order chi connectivity index (χ0) is 21.1. The number of hydrogen-bond donors (Lipinski definition) is 1. The first-order valence-corrected chi connectivity index (χ1v) is 9.89. The number of hydrogen-bond acceptors (Lipinski definition) is 7. The van der Waals surface area contributed by atoms with E-state index in [0.29, 0.717) is 15.8 Å². The summed E-state index contributed by atoms with van der Waals surface area (Å²) in [4.78, 5) is 38.4. The number of carbonyl (C=O) groups excluding carboxylic acids is 3. The van der Waals surface area contributed by atoms with Gasteiger partial charge in [0.15, 0.2) is 5.78 Å². The van der Waals surface area contributed by atoms with Gasteiger partial charge in [-0.25, -0.2) is 0 Å². The van der Waals surface area contributed by atoms with Crippen LogP contribution in [0.4, 0.5) is 0 Å². The standard InChI is InChI=1S/C20H25BrO7/c1-5-27-18(23)16-13(22)10-20(3,25)17(19(24)28-6-2)15(16)12-9-11(21)7-8-14(12)26-4/h7-9,15-17,25H,5-6,10H2,1-4H3/t15-,16+,17-,20-/m1/s1. The van der Waals surface area contributed by atoms with Crippen LogP contribution in [0.1, 0.15) is 38.7 Å². The summed E-state index contributed by atoms with van der Waals surface area (Å²) in [7, 11) is 1.45. The lowest BCUT2D eigenvalue weighted by Gasteiger charge is -2.43. The Bertz CT molecular complexity index is 759. The van der Waals surface area contributed by atoms with E-state index in [9.17, 15) is 19.5 Å². The van der Waals surface area contributed by atoms with Crippen LogP contribution in [0.25, 0.3) is 0 Å². The van der Waals surface area contributed by atoms with Gasteiger partial charge in [-0.15, -0.1) is 0 Å². The van der Waals surface area contributed by atoms with E-state index in [-0.39, 0.29) is 19.6 Å². The molecule has 1 aliphatic rings. The van der Waals surface area contributed by atoms with E-state index in [1.54, 1.807) is 32.0 Å². The highest BCUT2D eigenvalue weighted by atomic mass is 79.9. The first-order chi connectivity index (χ1) is 13.2. The van der Waals surface area contributed by atoms with Crippen LogP contribution in [0.15, 0.2) is 22.7 Å². The number of esters is 2. The highest BCUT2D eigenvalue weighted by molar-refractivity contribution is 9.10. The van der Waals surface area contributed by atoms with E-state index in [1.165, 1.54) is 14.0 Å². The van der Waals surface area contributed by atoms with Crippen LogP contribution in [0, 0.1) is 11.8 Å². The number of rotatable bonds is 6. The van der Waals surface area contributed by atoms with Gasteiger partial charge in [-0.2, -0.15) is 0 Å². The third kappa shape index (κ3) is 4.38. The maximum Gasteiger partial charge on any atom is 0.317 e. The molecule has 1 saturated carbocycles. The van der Waals surface area contributed by atoms with Gasteiger partial charge in [0.05, 0.1) is 31.8 Å². The third-order valence-corrected chi connectivity index (χ3v) is 5.39. The Labute approximate surface area is 172 Å². The minimum Gasteiger partial charge on any atom is -0.496 e. The summed E-state index contributed by atoms with van der Waals surface area (Å²) in [6.45, 7) is 4.89. The van der Waals surface area contributed by atoms with E-state index in [1.807, 2.05) is 0 Å². The van der Waals surface area contributed by atoms with Crippen molar-refractivity contribution in [3.05, 3.63) is 28.2 Å². The minimum absolute atomic E-state index is 0.0887. The number of ketones is 1. The Balaban J connectivity index is 2.73. The van der Waals surface area contributed by atoms with E-state index in [2.05, 4.69) is 15.9 Å². The number of halogens is 1. The minimum atomic E-state index is -1.69. The fourth-order valence-corrected chi connectivity index (χ4v) is 4.20. The molecule has 154 valence electrons. The number of benzene rings is 1. The second-order valence-corrected chi connectivity index (χ2v) is 7.79. The topological polar surface area (TPSA) is 99.1 Å². The molecule has 0 unspecified atom stereocenters. The maximum atomic E-state index is 12.9. The summed E-state index contributed by atoms with van der Waals surface area (Å²) in [6.07, 6.45) is -0.354. The number of aliphatic hydroxyl groups is 1. The maximum absolute atomic E-state index is 12.9. The number of ether oxygens (including phenoxy) is 3. The molecule has 0 radical (unpaired) electrons. The van der Waals surface area contributed by atoms with Crippen LogP contribution in [0.2, 0.25) is 0 Å². The van der Waals surface area contributed by atoms with Gasteiger partial charge in [0.1, 0.15) is 11.7 Å². The van der Waals surface area contributed by atoms with Crippen LogP contribution >= 0.6 is 15.9 Å². The van der Waals surface area contributed by atoms with Crippen molar-refractivity contribution in [2.75, 3.05) is 20.3 Å². The fourth-order valence-electron chi connectivity index (χ4n) is 3.82. The molecule has 1 aromatic carbocycles. The first-order valence-electron chi connectivity index (χ1n) is 9.09. The molecule has 28 heavy (non-hydrogen) atoms. The van der Waals surface area contributed by atoms with Crippen molar-refractivity contribution in [1.82, 2.24) is 0 Å². The summed E-state index contributed by atoms with van der Waals surface area (Å²) in [5.41, 5.74) is -1.24. The molecule has 0 aromatic heterocycles. The number of Topliss-reactive ketones (excluding diaryl/α,β-unsaturated/α-hetero) is 1. The molecular formula is C20H25BrO7. The van der Waals surface area contributed by atoms with E-state index in [0.717, 1.165) is 0 Å². The largest absolute Gasteiger partial charge is 0.496 e. The number of methoxy groups -OCH3 is 1. The summed E-state index contributed by atoms with van der Waals surface area (Å²) in [5.74, 6) is -4.91. The van der Waals surface area contributed by atoms with Gasteiger partial charge >= 0.3 is 11.9 Å². The van der Waals surface area contributed by atoms with Crippen molar-refractivity contribution in [2.24, 2.45) is 11.8 Å². The average molecular weight is 457 g/mol. The van der Waals surface area contributed by atoms with Crippen molar-refractivity contribution >= 4 is 33.7 Å². The van der Waals surface area contributed by atoms with Crippen molar-refractivity contribution in [2.45, 2.75) is 38.7 Å². The molecule has 0 aliphatic heterocycles. The van der Waals surface area contributed by atoms with Crippen LogP contribution in [-0.2, 0) is 23.9 Å². The van der Waals surface area contributed by atoms with Crippen LogP contribution in [0.5, 0.6) is 5.75 Å². The molecule has 1 aromatic rings. The Morgan fingerprint density at radius 2 is 1.82 bits per heavy atom. The van der Waals surface area contributed by atoms with Gasteiger partial charge in [-0.1, -0.05) is 15.9 Å². The van der Waals surface area contributed by atoms with Crippen molar-refractivity contribution in [3.63, 3.8) is 0 Å². The van der Waals surface area contributed by atoms with Gasteiger partial charge in [0.25, 0.3) is 0 Å². The van der Waals surface area contributed by atoms with Crippen molar-refractivity contribution in [1.29, 1.82) is 0 Å². The molecule has 0 saturated heterocycles. The van der Waals surface area contributed by atoms with Crippen molar-refractivity contribution < 1.29 is 33.7 Å². The number of carbonyl (C=O) groups is 3. The zero-order valence-corrected chi connectivity index (χ0v) is 17.9. The SMILES string of the molecule is CCOC(=O)[C@H]1C(=O)C[C@@](C)(O)[C@@H](C(=O)OCC)[C@@H]1c1cc(Br)ccc1OC. The van der Waals surface area contributed by atoms with Crippen LogP contribution < -0.4 is 4.74 Å². The van der Waals surface area contributed by atoms with Gasteiger partial charge in [-0.05, 0) is 39.0 Å². The molecule has 7 nitrogen and oxygen atoms in total. The lowest BCUT2D eigenvalue weighted by atomic mass is 9.61. The summed E-state index contributed by atoms with van der Waals surface area (Å²) < 4.78 is 16.4. The zero-order valence-electron chi connectivity index (χ0n) is 16.4. The Morgan fingerprint density at radius 1 is 1.21 bits per heavy atom. The van der Waals surface area contributed by atoms with Crippen LogP contribution in [0.3, 0.4) is 0 Å². The van der Waals surface area contributed by atoms with E-state index >= 15 is 0 Å². The normalized spacial score (nSPS) is 27.2. The molecule has 4 atom stereocenters. The lowest BCUT2D eigenvalue weighted by molar-refractivity contribution is -0.172. The van der Waals surface area contributed by atoms with Crippen LogP contribution in [-0.4, -0.2) is 48.8 Å². The van der Waals surface area contributed by atoms with Crippen molar-refractivity contribution in [3.8, 4) is 5.75 Å². The molecule has 1 fully saturated rings. The van der Waals surface area contributed by atoms with E-state index in [4.69, 9.17) is 14.2 Å². The van der Waals surface area contributed by atoms with Gasteiger partial charge in [0, 0.05) is 22.4 Å². The highest BCUT2D eigenvalue weighted by Crippen LogP contribution is 2.49. The van der Waals surface area contributed by atoms with Gasteiger partial charge in [0.2, 0.25) is 0 Å². The molecule has 0 bridgehead atoms. The Hall–Kier alpha value is -1.93. The molecule has 0 spiro atoms. The molecule has 0 heterocycles. The predicted octanol–water partition coefficient (Wildman–Crippen LogP) is 2.62. The second-order valence-electron chi connectivity index (χ2n) is 6.87. The first kappa shape index (κ1) is 22.4. The Kier molecular flexibility index (Phi) is 7.22. The Morgan fingerprint density at radius 3 is 2.39 bits per heavy atom. The fraction of sp³-hybridized carbons (Fsp3) is 0.550. The van der Waals surface area contributed by atoms with Gasteiger partial charge in [-0.3, -0.25) is 14.4 Å². The average Bonchev–Trinajstić information content (AvgIpc) is 2.60. The monoisotopic (exact) mass is 456 g/mol. The molecule has 0 amide bonds. The molecular weight excluding hydrogens is 432 g/mol. The molecule has 1 aliphatic carbocycles. The summed E-state index contributed by atoms with van der Waals surface area (Å²) in [5, 5.41) is 11.0. The summed E-state index contributed by atoms with van der Waals surface area (Å²) in [6, 6.07) is 5.08. The quantitative estimate of drug-likeness (QED) is 0.518. The smallest absolute Gasteiger partial charge is 0.317 e. The highest BCUT2D eigenvalue weighted by Gasteiger charge is 2.57. The molecule has 1 N–H and O–H groups in total. The summed E-state index contributed by atoms with van der Waals surface area (Å²) >= 11 is 3.38. The van der Waals surface area contributed by atoms with Gasteiger partial charge < -0.3 is 19.3 Å². The molecule has 2 rings (SSSR count). The van der Waals surface area contributed by atoms with E-state index < -0.39 is 41.1 Å². The second kappa shape index (κ2) is 9.05. The lowest BCUT2D eigenvalue weighted by Crippen LogP contribution is -2.55.